The minimum Gasteiger partial charge on any atom is -0.504 e. The Bertz CT molecular complexity index is 1530. The van der Waals surface area contributed by atoms with E-state index >= 15 is 0 Å². The second-order valence-corrected chi connectivity index (χ2v) is 9.97. The Morgan fingerprint density at radius 1 is 1.10 bits per heavy atom. The Morgan fingerprint density at radius 3 is 2.44 bits per heavy atom. The first kappa shape index (κ1) is 31.0. The summed E-state index contributed by atoms with van der Waals surface area (Å²) in [6, 6.07) is 11.2. The average Bonchev–Trinajstić information content (AvgIpc) is 3.47. The fourth-order valence-corrected chi connectivity index (χ4v) is 5.40. The molecule has 2 aromatic heterocycles. The molecular weight excluding hydrogens is 562 g/mol. The van der Waals surface area contributed by atoms with Crippen molar-refractivity contribution in [3.8, 4) is 29.0 Å². The van der Waals surface area contributed by atoms with Crippen molar-refractivity contribution in [1.29, 1.82) is 10.5 Å². The molecule has 0 aliphatic heterocycles. The molecule has 0 radical (unpaired) electrons. The van der Waals surface area contributed by atoms with Gasteiger partial charge in [0.1, 0.15) is 51.7 Å². The summed E-state index contributed by atoms with van der Waals surface area (Å²) in [5.41, 5.74) is 9.08. The second kappa shape index (κ2) is 15.3. The number of hydrogen-bond donors (Lipinski definition) is 2. The highest BCUT2D eigenvalue weighted by Gasteiger charge is 2.21. The summed E-state index contributed by atoms with van der Waals surface area (Å²) in [6.07, 6.45) is 5.14. The molecule has 0 saturated heterocycles. The van der Waals surface area contributed by atoms with E-state index in [0.29, 0.717) is 39.2 Å². The van der Waals surface area contributed by atoms with Crippen LogP contribution in [0.4, 0.5) is 5.82 Å². The molecule has 10 nitrogen and oxygen atoms in total. The van der Waals surface area contributed by atoms with Crippen molar-refractivity contribution in [2.75, 3.05) is 40.3 Å². The van der Waals surface area contributed by atoms with Crippen LogP contribution in [-0.4, -0.2) is 49.6 Å². The van der Waals surface area contributed by atoms with Crippen LogP contribution in [0, 0.1) is 22.7 Å². The van der Waals surface area contributed by atoms with Gasteiger partial charge in [0.15, 0.2) is 5.76 Å². The smallest absolute Gasteiger partial charge is 0.156 e. The van der Waals surface area contributed by atoms with Gasteiger partial charge in [0.25, 0.3) is 0 Å². The van der Waals surface area contributed by atoms with Crippen LogP contribution < -0.4 is 10.5 Å². The van der Waals surface area contributed by atoms with E-state index in [1.165, 1.54) is 23.1 Å². The van der Waals surface area contributed by atoms with Gasteiger partial charge < -0.3 is 29.8 Å². The zero-order valence-corrected chi connectivity index (χ0v) is 24.6. The van der Waals surface area contributed by atoms with Gasteiger partial charge in [-0.1, -0.05) is 23.9 Å². The van der Waals surface area contributed by atoms with Gasteiger partial charge in [-0.05, 0) is 36.8 Å². The fourth-order valence-electron chi connectivity index (χ4n) is 3.59. The fraction of sp³-hybridized carbons (Fsp3) is 0.241. The number of thiazole rings is 1. The van der Waals surface area contributed by atoms with Gasteiger partial charge in [-0.2, -0.15) is 10.5 Å². The number of anilines is 1. The lowest BCUT2D eigenvalue weighted by Gasteiger charge is -2.13. The number of rotatable bonds is 13. The molecule has 0 aliphatic rings. The monoisotopic (exact) mass is 591 g/mol. The van der Waals surface area contributed by atoms with E-state index in [2.05, 4.69) is 17.1 Å². The first-order valence-electron chi connectivity index (χ1n) is 12.2. The Labute approximate surface area is 247 Å². The molecule has 1 aromatic carbocycles. The maximum Gasteiger partial charge on any atom is 0.156 e. The predicted molar refractivity (Wildman–Crippen MR) is 159 cm³/mol. The van der Waals surface area contributed by atoms with E-state index in [4.69, 9.17) is 34.8 Å². The van der Waals surface area contributed by atoms with Crippen LogP contribution in [0.15, 0.2) is 64.6 Å². The summed E-state index contributed by atoms with van der Waals surface area (Å²) in [6.45, 7) is 1.85. The number of pyridine rings is 1. The molecule has 3 rings (SSSR count). The van der Waals surface area contributed by atoms with Crippen molar-refractivity contribution in [1.82, 2.24) is 9.97 Å². The third-order valence-electron chi connectivity index (χ3n) is 5.62. The van der Waals surface area contributed by atoms with Gasteiger partial charge in [0, 0.05) is 22.3 Å². The minimum absolute atomic E-state index is 0.0332. The highest BCUT2D eigenvalue weighted by molar-refractivity contribution is 7.98. The lowest BCUT2D eigenvalue weighted by Crippen LogP contribution is -2.04. The number of nitriles is 2. The van der Waals surface area contributed by atoms with Crippen LogP contribution in [0.2, 0.25) is 0 Å². The molecule has 0 bridgehead atoms. The molecule has 0 aliphatic carbocycles. The topological polar surface area (TPSA) is 157 Å². The quantitative estimate of drug-likeness (QED) is 0.152. The number of benzene rings is 1. The zero-order valence-electron chi connectivity index (χ0n) is 23.0. The third kappa shape index (κ3) is 7.80. The number of nitrogen functional groups attached to an aromatic ring is 1. The third-order valence-corrected chi connectivity index (χ3v) is 7.57. The van der Waals surface area contributed by atoms with Gasteiger partial charge in [-0.15, -0.1) is 11.3 Å². The molecular formula is C29H29N5O5S2. The number of nitrogens with zero attached hydrogens (tertiary/aromatic N) is 4. The van der Waals surface area contributed by atoms with Crippen LogP contribution in [-0.2, 0) is 20.0 Å². The van der Waals surface area contributed by atoms with Gasteiger partial charge in [-0.25, -0.2) is 9.97 Å². The summed E-state index contributed by atoms with van der Waals surface area (Å²) >= 11 is 2.75. The number of hydrogen-bond acceptors (Lipinski definition) is 12. The van der Waals surface area contributed by atoms with E-state index in [0.717, 1.165) is 16.3 Å². The summed E-state index contributed by atoms with van der Waals surface area (Å²) in [7, 11) is 4.69. The van der Waals surface area contributed by atoms with Crippen LogP contribution in [0.25, 0.3) is 16.7 Å². The molecule has 212 valence electrons. The number of thioether (sulfide) groups is 1. The van der Waals surface area contributed by atoms with Crippen molar-refractivity contribution >= 4 is 34.5 Å². The largest absolute Gasteiger partial charge is 0.504 e. The molecule has 3 N–H and O–H groups in total. The number of allylic oxidation sites excluding steroid dienone is 4. The molecule has 0 unspecified atom stereocenters. The number of aliphatic hydroxyl groups excluding tert-OH is 1. The normalized spacial score (nSPS) is 11.9. The second-order valence-electron chi connectivity index (χ2n) is 8.15. The maximum atomic E-state index is 10.1. The average molecular weight is 592 g/mol. The first-order valence-corrected chi connectivity index (χ1v) is 14.0. The van der Waals surface area contributed by atoms with E-state index < -0.39 is 0 Å². The van der Waals surface area contributed by atoms with Crippen molar-refractivity contribution in [3.63, 3.8) is 0 Å². The van der Waals surface area contributed by atoms with Crippen LogP contribution in [0.3, 0.4) is 0 Å². The standard InChI is InChI=1S/C29H29N5O5S2/c1-18(37-3)25(38-4)13-20(9-11-36-2)28-33-21(16-40-28)17-41-29-24(15-31)26(23(14-30)27(32)34-29)19-5-7-22(8-6-19)39-12-10-35/h5-9,11,13,16,35H,10,12,17H2,1-4H3,(H2,32,34)/b11-9+,20-13+,25-18-. The summed E-state index contributed by atoms with van der Waals surface area (Å²) < 4.78 is 21.3. The summed E-state index contributed by atoms with van der Waals surface area (Å²) in [5.74, 6) is 2.15. The highest BCUT2D eigenvalue weighted by Crippen LogP contribution is 2.37. The van der Waals surface area contributed by atoms with Crippen molar-refractivity contribution < 1.29 is 24.1 Å². The number of methoxy groups -OCH3 is 3. The number of aromatic nitrogens is 2. The molecule has 3 aromatic rings. The van der Waals surface area contributed by atoms with Crippen LogP contribution >= 0.6 is 23.1 Å². The molecule has 41 heavy (non-hydrogen) atoms. The van der Waals surface area contributed by atoms with E-state index in [9.17, 15) is 10.5 Å². The highest BCUT2D eigenvalue weighted by atomic mass is 32.2. The lowest BCUT2D eigenvalue weighted by molar-refractivity contribution is 0.201. The predicted octanol–water partition coefficient (Wildman–Crippen LogP) is 5.26. The van der Waals surface area contributed by atoms with E-state index in [1.807, 2.05) is 11.5 Å². The Balaban J connectivity index is 1.94. The Kier molecular flexibility index (Phi) is 11.6. The van der Waals surface area contributed by atoms with Crippen molar-refractivity contribution in [3.05, 3.63) is 81.4 Å². The SMILES string of the molecule is CO/C=C/C(=C\C(OC)=C(/C)OC)c1nc(CSc2nc(N)c(C#N)c(-c3ccc(OCCO)cc3)c2C#N)cs1. The molecule has 0 amide bonds. The molecule has 12 heteroatoms. The number of aliphatic hydroxyl groups is 1. The Morgan fingerprint density at radius 2 is 1.83 bits per heavy atom. The van der Waals surface area contributed by atoms with E-state index in [-0.39, 0.29) is 30.2 Å². The molecule has 0 atom stereocenters. The Hall–Kier alpha value is -4.49. The van der Waals surface area contributed by atoms with Gasteiger partial charge in [0.05, 0.1) is 45.5 Å². The number of nitrogens with two attached hydrogens (primary N) is 1. The molecule has 0 spiro atoms. The maximum absolute atomic E-state index is 10.1. The van der Waals surface area contributed by atoms with Gasteiger partial charge >= 0.3 is 0 Å². The molecule has 0 saturated carbocycles. The lowest BCUT2D eigenvalue weighted by atomic mass is 9.97. The van der Waals surface area contributed by atoms with Crippen molar-refractivity contribution in [2.24, 2.45) is 0 Å². The first-order chi connectivity index (χ1) is 19.9. The molecule has 0 fully saturated rings. The van der Waals surface area contributed by atoms with Crippen molar-refractivity contribution in [2.45, 2.75) is 17.7 Å². The minimum atomic E-state index is -0.110. The van der Waals surface area contributed by atoms with Crippen LogP contribution in [0.1, 0.15) is 28.8 Å². The van der Waals surface area contributed by atoms with E-state index in [1.54, 1.807) is 64.9 Å². The summed E-state index contributed by atoms with van der Waals surface area (Å²) in [4.78, 5) is 9.13. The molecule has 2 heterocycles. The summed E-state index contributed by atoms with van der Waals surface area (Å²) in [5, 5.41) is 31.9. The van der Waals surface area contributed by atoms with Gasteiger partial charge in [0.2, 0.25) is 0 Å². The van der Waals surface area contributed by atoms with Crippen LogP contribution in [0.5, 0.6) is 5.75 Å². The van der Waals surface area contributed by atoms with Gasteiger partial charge in [-0.3, -0.25) is 0 Å². The number of ether oxygens (including phenoxy) is 4. The zero-order chi connectivity index (χ0) is 29.8.